The van der Waals surface area contributed by atoms with E-state index in [1.807, 2.05) is 30.3 Å². The minimum atomic E-state index is 0.137. The van der Waals surface area contributed by atoms with Gasteiger partial charge < -0.3 is 10.5 Å². The molecule has 2 aromatic carbocycles. The van der Waals surface area contributed by atoms with Crippen LogP contribution in [0.25, 0.3) is 0 Å². The maximum atomic E-state index is 5.84. The van der Waals surface area contributed by atoms with E-state index >= 15 is 0 Å². The number of nitrogen functional groups attached to an aromatic ring is 1. The van der Waals surface area contributed by atoms with Crippen molar-refractivity contribution in [3.63, 3.8) is 0 Å². The predicted octanol–water partition coefficient (Wildman–Crippen LogP) is 4.91. The molecule has 0 saturated carbocycles. The first-order chi connectivity index (χ1) is 9.36. The Morgan fingerprint density at radius 3 is 2.25 bits per heavy atom. The second kappa shape index (κ2) is 5.88. The minimum Gasteiger partial charge on any atom is -0.488 e. The lowest BCUT2D eigenvalue weighted by atomic mass is 9.87. The van der Waals surface area contributed by atoms with Crippen molar-refractivity contribution in [2.45, 2.75) is 32.8 Å². The van der Waals surface area contributed by atoms with E-state index in [-0.39, 0.29) is 5.41 Å². The fourth-order valence-corrected chi connectivity index (χ4v) is 2.35. The summed E-state index contributed by atoms with van der Waals surface area (Å²) in [5, 5.41) is 0. The van der Waals surface area contributed by atoms with Crippen LogP contribution in [0.2, 0.25) is 0 Å². The lowest BCUT2D eigenvalue weighted by Crippen LogP contribution is -2.11. The highest BCUT2D eigenvalue weighted by atomic mass is 79.9. The molecular weight excluding hydrogens is 314 g/mol. The van der Waals surface area contributed by atoms with Crippen molar-refractivity contribution in [1.82, 2.24) is 0 Å². The Labute approximate surface area is 129 Å². The molecule has 0 fully saturated rings. The summed E-state index contributed by atoms with van der Waals surface area (Å²) in [6, 6.07) is 14.0. The SMILES string of the molecule is CC(C)(C)c1ccc(OCc2ccc(N)cc2)c(Br)c1. The zero-order valence-electron chi connectivity index (χ0n) is 12.1. The molecule has 0 spiro atoms. The van der Waals surface area contributed by atoms with E-state index in [0.29, 0.717) is 6.61 Å². The van der Waals surface area contributed by atoms with E-state index in [9.17, 15) is 0 Å². The molecule has 2 aromatic rings. The summed E-state index contributed by atoms with van der Waals surface area (Å²) >= 11 is 3.58. The van der Waals surface area contributed by atoms with Crippen LogP contribution in [0.4, 0.5) is 5.69 Å². The van der Waals surface area contributed by atoms with Gasteiger partial charge in [0.25, 0.3) is 0 Å². The summed E-state index contributed by atoms with van der Waals surface area (Å²) in [4.78, 5) is 0. The predicted molar refractivity (Wildman–Crippen MR) is 88.0 cm³/mol. The third-order valence-corrected chi connectivity index (χ3v) is 3.79. The molecule has 0 atom stereocenters. The largest absolute Gasteiger partial charge is 0.488 e. The quantitative estimate of drug-likeness (QED) is 0.810. The number of halogens is 1. The minimum absolute atomic E-state index is 0.137. The zero-order chi connectivity index (χ0) is 14.8. The molecule has 0 aliphatic rings. The first-order valence-corrected chi connectivity index (χ1v) is 7.43. The average Bonchev–Trinajstić information content (AvgIpc) is 2.38. The number of hydrogen-bond acceptors (Lipinski definition) is 2. The van der Waals surface area contributed by atoms with Crippen LogP contribution in [0, 0.1) is 0 Å². The number of benzene rings is 2. The van der Waals surface area contributed by atoms with Crippen LogP contribution in [-0.2, 0) is 12.0 Å². The summed E-state index contributed by atoms with van der Waals surface area (Å²) in [6.07, 6.45) is 0. The van der Waals surface area contributed by atoms with Gasteiger partial charge in [-0.05, 0) is 56.7 Å². The van der Waals surface area contributed by atoms with Gasteiger partial charge >= 0.3 is 0 Å². The summed E-state index contributed by atoms with van der Waals surface area (Å²) in [5.74, 6) is 0.856. The van der Waals surface area contributed by atoms with Crippen LogP contribution < -0.4 is 10.5 Å². The normalized spacial score (nSPS) is 11.4. The van der Waals surface area contributed by atoms with Gasteiger partial charge in [-0.15, -0.1) is 0 Å². The monoisotopic (exact) mass is 333 g/mol. The number of nitrogens with two attached hydrogens (primary N) is 1. The van der Waals surface area contributed by atoms with E-state index in [1.54, 1.807) is 0 Å². The molecule has 0 aliphatic heterocycles. The first-order valence-electron chi connectivity index (χ1n) is 6.63. The Kier molecular flexibility index (Phi) is 4.39. The van der Waals surface area contributed by atoms with Gasteiger partial charge in [-0.1, -0.05) is 39.0 Å². The molecule has 0 aliphatic carbocycles. The average molecular weight is 334 g/mol. The molecule has 0 aromatic heterocycles. The zero-order valence-corrected chi connectivity index (χ0v) is 13.7. The number of ether oxygens (including phenoxy) is 1. The van der Waals surface area contributed by atoms with Crippen LogP contribution >= 0.6 is 15.9 Å². The van der Waals surface area contributed by atoms with Gasteiger partial charge in [0.1, 0.15) is 12.4 Å². The summed E-state index contributed by atoms with van der Waals surface area (Å²) in [6.45, 7) is 7.13. The Morgan fingerprint density at radius 2 is 1.70 bits per heavy atom. The molecule has 0 heterocycles. The fraction of sp³-hybridized carbons (Fsp3) is 0.294. The van der Waals surface area contributed by atoms with Crippen LogP contribution in [0.5, 0.6) is 5.75 Å². The van der Waals surface area contributed by atoms with E-state index in [0.717, 1.165) is 21.5 Å². The van der Waals surface area contributed by atoms with E-state index in [2.05, 4.69) is 48.8 Å². The highest BCUT2D eigenvalue weighted by molar-refractivity contribution is 9.10. The maximum Gasteiger partial charge on any atom is 0.134 e. The van der Waals surface area contributed by atoms with Crippen molar-refractivity contribution in [1.29, 1.82) is 0 Å². The Bertz CT molecular complexity index is 585. The number of anilines is 1. The van der Waals surface area contributed by atoms with Gasteiger partial charge in [-0.3, -0.25) is 0 Å². The lowest BCUT2D eigenvalue weighted by molar-refractivity contribution is 0.304. The van der Waals surface area contributed by atoms with Gasteiger partial charge in [0.05, 0.1) is 4.47 Å². The van der Waals surface area contributed by atoms with E-state index in [4.69, 9.17) is 10.5 Å². The third-order valence-electron chi connectivity index (χ3n) is 3.17. The summed E-state index contributed by atoms with van der Waals surface area (Å²) in [7, 11) is 0. The molecule has 20 heavy (non-hydrogen) atoms. The molecule has 2 N–H and O–H groups in total. The van der Waals surface area contributed by atoms with Crippen LogP contribution in [0.1, 0.15) is 31.9 Å². The molecule has 0 unspecified atom stereocenters. The van der Waals surface area contributed by atoms with Crippen molar-refractivity contribution in [3.05, 3.63) is 58.1 Å². The van der Waals surface area contributed by atoms with Gasteiger partial charge in [0, 0.05) is 5.69 Å². The Morgan fingerprint density at radius 1 is 1.05 bits per heavy atom. The topological polar surface area (TPSA) is 35.2 Å². The van der Waals surface area contributed by atoms with E-state index < -0.39 is 0 Å². The molecule has 0 saturated heterocycles. The van der Waals surface area contributed by atoms with Crippen LogP contribution in [0.3, 0.4) is 0 Å². The van der Waals surface area contributed by atoms with Gasteiger partial charge in [-0.2, -0.15) is 0 Å². The fourth-order valence-electron chi connectivity index (χ4n) is 1.86. The lowest BCUT2D eigenvalue weighted by Gasteiger charge is -2.20. The highest BCUT2D eigenvalue weighted by Gasteiger charge is 2.15. The first kappa shape index (κ1) is 14.9. The molecule has 0 radical (unpaired) electrons. The molecule has 2 rings (SSSR count). The van der Waals surface area contributed by atoms with Crippen LogP contribution in [-0.4, -0.2) is 0 Å². The van der Waals surface area contributed by atoms with Gasteiger partial charge in [-0.25, -0.2) is 0 Å². The second-order valence-corrected chi connectivity index (χ2v) is 6.78. The van der Waals surface area contributed by atoms with Crippen molar-refractivity contribution in [3.8, 4) is 5.75 Å². The number of hydrogen-bond donors (Lipinski definition) is 1. The van der Waals surface area contributed by atoms with Crippen molar-refractivity contribution < 1.29 is 4.74 Å². The molecule has 0 amide bonds. The van der Waals surface area contributed by atoms with Crippen molar-refractivity contribution >= 4 is 21.6 Å². The molecule has 0 bridgehead atoms. The maximum absolute atomic E-state index is 5.84. The van der Waals surface area contributed by atoms with Gasteiger partial charge in [0.2, 0.25) is 0 Å². The van der Waals surface area contributed by atoms with Crippen molar-refractivity contribution in [2.75, 3.05) is 5.73 Å². The third kappa shape index (κ3) is 3.76. The smallest absolute Gasteiger partial charge is 0.134 e. The Hall–Kier alpha value is -1.48. The van der Waals surface area contributed by atoms with Gasteiger partial charge in [0.15, 0.2) is 0 Å². The second-order valence-electron chi connectivity index (χ2n) is 5.93. The molecule has 106 valence electrons. The van der Waals surface area contributed by atoms with Crippen molar-refractivity contribution in [2.24, 2.45) is 0 Å². The Balaban J connectivity index is 2.08. The molecule has 2 nitrogen and oxygen atoms in total. The number of rotatable bonds is 3. The molecular formula is C17H20BrNO. The van der Waals surface area contributed by atoms with E-state index in [1.165, 1.54) is 5.56 Å². The highest BCUT2D eigenvalue weighted by Crippen LogP contribution is 2.31. The molecule has 3 heteroatoms. The standard InChI is InChI=1S/C17H20BrNO/c1-17(2,3)13-6-9-16(15(18)10-13)20-11-12-4-7-14(19)8-5-12/h4-10H,11,19H2,1-3H3. The summed E-state index contributed by atoms with van der Waals surface area (Å²) < 4.78 is 6.83. The van der Waals surface area contributed by atoms with Crippen LogP contribution in [0.15, 0.2) is 46.9 Å². The summed E-state index contributed by atoms with van der Waals surface area (Å²) in [5.41, 5.74) is 8.96.